The van der Waals surface area contributed by atoms with Gasteiger partial charge in [0.15, 0.2) is 15.6 Å². The third kappa shape index (κ3) is 6.31. The zero-order valence-electron chi connectivity index (χ0n) is 18.2. The number of imidazole rings is 1. The number of hydrogen-bond acceptors (Lipinski definition) is 4. The van der Waals surface area contributed by atoms with Gasteiger partial charge in [0, 0.05) is 17.5 Å². The average molecular weight is 583 g/mol. The summed E-state index contributed by atoms with van der Waals surface area (Å²) in [4.78, 5) is 6.88. The van der Waals surface area contributed by atoms with E-state index in [-0.39, 0.29) is 33.1 Å². The van der Waals surface area contributed by atoms with E-state index in [1.165, 1.54) is 36.4 Å². The summed E-state index contributed by atoms with van der Waals surface area (Å²) in [6, 6.07) is 11.6. The van der Waals surface area contributed by atoms with Crippen molar-refractivity contribution in [2.24, 2.45) is 0 Å². The van der Waals surface area contributed by atoms with Crippen molar-refractivity contribution in [1.82, 2.24) is 9.97 Å². The zero-order chi connectivity index (χ0) is 27.2. The quantitative estimate of drug-likeness (QED) is 0.241. The predicted molar refractivity (Wildman–Crippen MR) is 126 cm³/mol. The number of hydrogen-bond donors (Lipinski definition) is 1. The van der Waals surface area contributed by atoms with E-state index in [0.717, 1.165) is 18.2 Å². The Kier molecular flexibility index (Phi) is 7.12. The van der Waals surface area contributed by atoms with Gasteiger partial charge in [-0.3, -0.25) is 0 Å². The fourth-order valence-electron chi connectivity index (χ4n) is 3.66. The van der Waals surface area contributed by atoms with Gasteiger partial charge in [0.05, 0.1) is 20.5 Å². The molecule has 5 nitrogen and oxygen atoms in total. The highest BCUT2D eigenvalue weighted by atomic mass is 35.5. The third-order valence-corrected chi connectivity index (χ3v) is 7.47. The number of para-hydroxylation sites is 1. The first kappa shape index (κ1) is 27.1. The molecule has 0 spiro atoms. The van der Waals surface area contributed by atoms with Crippen LogP contribution in [0.2, 0.25) is 10.0 Å². The van der Waals surface area contributed by atoms with E-state index in [2.05, 4.69) is 14.7 Å². The van der Waals surface area contributed by atoms with Gasteiger partial charge in [-0.2, -0.15) is 13.2 Å². The highest BCUT2D eigenvalue weighted by Crippen LogP contribution is 2.44. The molecule has 0 fully saturated rings. The van der Waals surface area contributed by atoms with Gasteiger partial charge in [-0.05, 0) is 29.8 Å². The van der Waals surface area contributed by atoms with Crippen LogP contribution >= 0.6 is 23.2 Å². The van der Waals surface area contributed by atoms with Crippen LogP contribution < -0.4 is 4.74 Å². The minimum Gasteiger partial charge on any atom is -0.405 e. The van der Waals surface area contributed by atoms with Crippen molar-refractivity contribution in [3.8, 4) is 16.9 Å². The Balaban J connectivity index is 1.66. The van der Waals surface area contributed by atoms with E-state index in [1.54, 1.807) is 0 Å². The number of rotatable bonds is 6. The molecule has 196 valence electrons. The lowest BCUT2D eigenvalue weighted by Gasteiger charge is -2.15. The maximum absolute atomic E-state index is 12.9. The predicted octanol–water partition coefficient (Wildman–Crippen LogP) is 7.36. The van der Waals surface area contributed by atoms with Crippen molar-refractivity contribution >= 4 is 44.1 Å². The minimum absolute atomic E-state index is 0.00284. The van der Waals surface area contributed by atoms with E-state index in [0.29, 0.717) is 16.9 Å². The molecule has 4 rings (SSSR count). The number of fused-ring (bicyclic) bond motifs is 1. The van der Waals surface area contributed by atoms with E-state index in [9.17, 15) is 34.8 Å². The van der Waals surface area contributed by atoms with E-state index in [1.807, 2.05) is 0 Å². The zero-order valence-corrected chi connectivity index (χ0v) is 20.5. The third-order valence-electron chi connectivity index (χ3n) is 5.11. The molecule has 1 aromatic heterocycles. The van der Waals surface area contributed by atoms with Crippen LogP contribution in [0.1, 0.15) is 11.4 Å². The normalized spacial score (nSPS) is 12.8. The minimum atomic E-state index is -4.94. The van der Waals surface area contributed by atoms with Crippen molar-refractivity contribution in [2.45, 2.75) is 23.9 Å². The summed E-state index contributed by atoms with van der Waals surface area (Å²) in [5.74, 6) is -2.13. The highest BCUT2D eigenvalue weighted by Gasteiger charge is 2.36. The molecule has 0 unspecified atom stereocenters. The molecular formula is C23H14Cl2F6N2O3S. The van der Waals surface area contributed by atoms with Crippen LogP contribution in [-0.2, 0) is 16.3 Å². The molecule has 3 aromatic carbocycles. The second-order valence-corrected chi connectivity index (χ2v) is 10.6. The number of halogens is 8. The first-order chi connectivity index (χ1) is 17.1. The van der Waals surface area contributed by atoms with Crippen LogP contribution in [0.25, 0.3) is 22.2 Å². The molecule has 1 N–H and O–H groups in total. The lowest BCUT2D eigenvalue weighted by Crippen LogP contribution is -2.22. The molecule has 0 amide bonds. The first-order valence-electron chi connectivity index (χ1n) is 10.2. The summed E-state index contributed by atoms with van der Waals surface area (Å²) in [6.07, 6.45) is -9.70. The topological polar surface area (TPSA) is 72.1 Å². The molecular weight excluding hydrogens is 569 g/mol. The number of alkyl halides is 6. The highest BCUT2D eigenvalue weighted by molar-refractivity contribution is 7.91. The fourth-order valence-corrected chi connectivity index (χ4v) is 5.51. The van der Waals surface area contributed by atoms with Crippen LogP contribution in [0, 0.1) is 0 Å². The van der Waals surface area contributed by atoms with Crippen LogP contribution in [0.5, 0.6) is 5.75 Å². The van der Waals surface area contributed by atoms with Crippen LogP contribution in [0.15, 0.2) is 59.5 Å². The Morgan fingerprint density at radius 3 is 2.22 bits per heavy atom. The Morgan fingerprint density at radius 1 is 0.946 bits per heavy atom. The van der Waals surface area contributed by atoms with Crippen LogP contribution in [0.4, 0.5) is 26.3 Å². The molecule has 0 saturated heterocycles. The molecule has 1 heterocycles. The van der Waals surface area contributed by atoms with Gasteiger partial charge in [0.1, 0.15) is 17.1 Å². The van der Waals surface area contributed by atoms with Crippen molar-refractivity contribution in [1.29, 1.82) is 0 Å². The van der Waals surface area contributed by atoms with Crippen molar-refractivity contribution in [3.63, 3.8) is 0 Å². The summed E-state index contributed by atoms with van der Waals surface area (Å²) in [6.45, 7) is 0. The Bertz CT molecular complexity index is 1570. The molecule has 0 saturated carbocycles. The molecule has 0 atom stereocenters. The van der Waals surface area contributed by atoms with Gasteiger partial charge < -0.3 is 9.72 Å². The molecule has 0 bridgehead atoms. The number of benzene rings is 3. The lowest BCUT2D eigenvalue weighted by atomic mass is 10.0. The summed E-state index contributed by atoms with van der Waals surface area (Å²) in [5.41, 5.74) is 1.19. The largest absolute Gasteiger partial charge is 0.573 e. The fraction of sp³-hybridized carbons (Fsp3) is 0.174. The van der Waals surface area contributed by atoms with E-state index < -0.39 is 38.8 Å². The second kappa shape index (κ2) is 9.73. The Morgan fingerprint density at radius 2 is 1.59 bits per heavy atom. The van der Waals surface area contributed by atoms with Gasteiger partial charge in [-0.25, -0.2) is 13.4 Å². The molecule has 0 aliphatic heterocycles. The van der Waals surface area contributed by atoms with Crippen LogP contribution in [-0.4, -0.2) is 36.7 Å². The molecule has 14 heteroatoms. The van der Waals surface area contributed by atoms with Gasteiger partial charge in [-0.1, -0.05) is 53.5 Å². The smallest absolute Gasteiger partial charge is 0.405 e. The average Bonchev–Trinajstić information content (AvgIpc) is 3.15. The van der Waals surface area contributed by atoms with Crippen molar-refractivity contribution < 1.29 is 39.5 Å². The summed E-state index contributed by atoms with van der Waals surface area (Å²) >= 11 is 12.9. The molecule has 0 aliphatic rings. The first-order valence-corrected chi connectivity index (χ1v) is 12.6. The number of aromatic nitrogens is 2. The standard InChI is InChI=1S/C23H14Cl2F6N2O3S/c24-15-10-16-21(20(25)19(15)14-3-1-2-4-17(14)36-23(29,30)31)33-18(32-16)9-12-5-7-13(8-6-12)37(34,35)11-22(26,27)28/h1-8,10H,9,11H2,(H,32,33). The summed E-state index contributed by atoms with van der Waals surface area (Å²) < 4.78 is 104. The van der Waals surface area contributed by atoms with E-state index in [4.69, 9.17) is 23.2 Å². The lowest BCUT2D eigenvalue weighted by molar-refractivity contribution is -0.274. The number of sulfone groups is 1. The Labute approximate surface area is 215 Å². The maximum atomic E-state index is 12.9. The number of ether oxygens (including phenoxy) is 1. The summed E-state index contributed by atoms with van der Waals surface area (Å²) in [5, 5.41) is 0.00182. The molecule has 37 heavy (non-hydrogen) atoms. The monoisotopic (exact) mass is 582 g/mol. The van der Waals surface area contributed by atoms with Gasteiger partial charge >= 0.3 is 12.5 Å². The molecule has 4 aromatic rings. The SMILES string of the molecule is O=S(=O)(CC(F)(F)F)c1ccc(Cc2nc3c(Cl)c(-c4ccccc4OC(F)(F)F)c(Cl)cc3[nH]2)cc1. The van der Waals surface area contributed by atoms with Gasteiger partial charge in [-0.15, -0.1) is 13.2 Å². The van der Waals surface area contributed by atoms with Gasteiger partial charge in [0.2, 0.25) is 0 Å². The second-order valence-electron chi connectivity index (χ2n) is 7.87. The van der Waals surface area contributed by atoms with Gasteiger partial charge in [0.25, 0.3) is 0 Å². The number of H-pyrrole nitrogens is 1. The van der Waals surface area contributed by atoms with E-state index >= 15 is 0 Å². The molecule has 0 radical (unpaired) electrons. The number of nitrogens with one attached hydrogen (secondary N) is 1. The summed E-state index contributed by atoms with van der Waals surface area (Å²) in [7, 11) is -4.55. The Hall–Kier alpha value is -2.96. The van der Waals surface area contributed by atoms with Crippen molar-refractivity contribution in [2.75, 3.05) is 5.75 Å². The number of nitrogens with zero attached hydrogens (tertiary/aromatic N) is 1. The number of aromatic amines is 1. The molecule has 0 aliphatic carbocycles. The van der Waals surface area contributed by atoms with Crippen LogP contribution in [0.3, 0.4) is 0 Å². The maximum Gasteiger partial charge on any atom is 0.573 e. The van der Waals surface area contributed by atoms with Crippen molar-refractivity contribution in [3.05, 3.63) is 76.0 Å².